The molecule has 0 bridgehead atoms. The minimum Gasteiger partial charge on any atom is -0.508 e. The van der Waals surface area contributed by atoms with E-state index < -0.39 is 0 Å². The molecule has 6 aromatic carbocycles. The van der Waals surface area contributed by atoms with Crippen molar-refractivity contribution in [1.82, 2.24) is 0 Å². The molecule has 0 heterocycles. The van der Waals surface area contributed by atoms with Gasteiger partial charge in [-0.2, -0.15) is 0 Å². The topological polar surface area (TPSA) is 57.2 Å². The summed E-state index contributed by atoms with van der Waals surface area (Å²) in [5, 5.41) is 10.1. The molecule has 0 saturated heterocycles. The number of phenolic OH excluding ortho intramolecular Hbond substituents is 1. The van der Waals surface area contributed by atoms with Crippen molar-refractivity contribution in [2.75, 3.05) is 0 Å². The van der Waals surface area contributed by atoms with E-state index in [4.69, 9.17) is 18.9 Å². The molecule has 0 fully saturated rings. The summed E-state index contributed by atoms with van der Waals surface area (Å²) >= 11 is 0. The molecule has 5 heteroatoms. The lowest BCUT2D eigenvalue weighted by Gasteiger charge is -2.17. The van der Waals surface area contributed by atoms with Crippen molar-refractivity contribution in [2.24, 2.45) is 0 Å². The molecule has 0 amide bonds. The number of ether oxygens (including phenoxy) is 4. The highest BCUT2D eigenvalue weighted by Gasteiger charge is 2.13. The number of allylic oxidation sites excluding steroid dienone is 1. The smallest absolute Gasteiger partial charge is 0.162 e. The highest BCUT2D eigenvalue weighted by atomic mass is 16.5. The number of hydrogen-bond acceptors (Lipinski definition) is 5. The number of aromatic hydroxyl groups is 1. The Hall–Kier alpha value is -5.94. The Bertz CT molecular complexity index is 1900. The first kappa shape index (κ1) is 32.0. The molecule has 6 rings (SSSR count). The van der Waals surface area contributed by atoms with E-state index in [9.17, 15) is 5.11 Å². The van der Waals surface area contributed by atoms with Crippen LogP contribution in [-0.2, 0) is 37.6 Å². The number of rotatable bonds is 15. The third-order valence-corrected chi connectivity index (χ3v) is 7.72. The Balaban J connectivity index is 1.23. The Morgan fingerprint density at radius 3 is 1.71 bits per heavy atom. The molecule has 1 N–H and O–H groups in total. The zero-order valence-corrected chi connectivity index (χ0v) is 26.7. The van der Waals surface area contributed by atoms with Crippen molar-refractivity contribution in [3.8, 4) is 23.0 Å². The molecule has 5 nitrogen and oxygen atoms in total. The average molecular weight is 635 g/mol. The Kier molecular flexibility index (Phi) is 11.1. The van der Waals surface area contributed by atoms with Gasteiger partial charge in [-0.3, -0.25) is 0 Å². The molecule has 0 spiro atoms. The van der Waals surface area contributed by atoms with Crippen LogP contribution >= 0.6 is 0 Å². The third-order valence-electron chi connectivity index (χ3n) is 7.72. The van der Waals surface area contributed by atoms with Crippen molar-refractivity contribution in [3.05, 3.63) is 197 Å². The van der Waals surface area contributed by atoms with E-state index in [1.165, 1.54) is 0 Å². The zero-order valence-electron chi connectivity index (χ0n) is 26.7. The van der Waals surface area contributed by atoms with Crippen molar-refractivity contribution in [1.29, 1.82) is 0 Å². The first-order valence-corrected chi connectivity index (χ1v) is 16.0. The lowest BCUT2D eigenvalue weighted by molar-refractivity contribution is 0.237. The van der Waals surface area contributed by atoms with E-state index in [2.05, 4.69) is 0 Å². The maximum atomic E-state index is 10.1. The van der Waals surface area contributed by atoms with Crippen LogP contribution in [0.15, 0.2) is 164 Å². The Morgan fingerprint density at radius 2 is 1.02 bits per heavy atom. The maximum absolute atomic E-state index is 10.1. The van der Waals surface area contributed by atoms with Crippen LogP contribution in [0.25, 0.3) is 5.57 Å². The predicted molar refractivity (Wildman–Crippen MR) is 190 cm³/mol. The number of phenols is 1. The SMILES string of the molecule is Oc1cccc(C/C(=C\OCc2ccccc2)c2ccc(OCc3cccc(OCc4ccccc4)c3)c(OCc3ccccc3)c2)c1. The van der Waals surface area contributed by atoms with Gasteiger partial charge in [-0.25, -0.2) is 0 Å². The highest BCUT2D eigenvalue weighted by Crippen LogP contribution is 2.34. The molecule has 0 unspecified atom stereocenters. The fraction of sp³-hybridized carbons (Fsp3) is 0.116. The van der Waals surface area contributed by atoms with E-state index in [1.807, 2.05) is 146 Å². The summed E-state index contributed by atoms with van der Waals surface area (Å²) in [5.74, 6) is 2.26. The van der Waals surface area contributed by atoms with E-state index in [0.717, 1.165) is 44.7 Å². The summed E-state index contributed by atoms with van der Waals surface area (Å²) in [4.78, 5) is 0. The Morgan fingerprint density at radius 1 is 0.458 bits per heavy atom. The monoisotopic (exact) mass is 634 g/mol. The predicted octanol–water partition coefficient (Wildman–Crippen LogP) is 9.93. The van der Waals surface area contributed by atoms with Crippen LogP contribution in [0.2, 0.25) is 0 Å². The lowest BCUT2D eigenvalue weighted by Crippen LogP contribution is -2.02. The van der Waals surface area contributed by atoms with Crippen LogP contribution in [0.4, 0.5) is 0 Å². The fourth-order valence-corrected chi connectivity index (χ4v) is 5.21. The average Bonchev–Trinajstić information content (AvgIpc) is 3.13. The fourth-order valence-electron chi connectivity index (χ4n) is 5.21. The molecular formula is C43H38O5. The van der Waals surface area contributed by atoms with Gasteiger partial charge in [0.2, 0.25) is 0 Å². The maximum Gasteiger partial charge on any atom is 0.162 e. The van der Waals surface area contributed by atoms with Crippen LogP contribution in [0.3, 0.4) is 0 Å². The number of benzene rings is 6. The van der Waals surface area contributed by atoms with Crippen LogP contribution in [0.1, 0.15) is 33.4 Å². The summed E-state index contributed by atoms with van der Waals surface area (Å²) < 4.78 is 24.9. The van der Waals surface area contributed by atoms with Crippen molar-refractivity contribution in [2.45, 2.75) is 32.8 Å². The van der Waals surface area contributed by atoms with Gasteiger partial charge in [0.15, 0.2) is 11.5 Å². The normalized spacial score (nSPS) is 11.1. The molecule has 0 radical (unpaired) electrons. The Labute approximate surface area is 282 Å². The van der Waals surface area contributed by atoms with Gasteiger partial charge in [-0.05, 0) is 75.4 Å². The molecule has 0 aliphatic rings. The second kappa shape index (κ2) is 16.6. The van der Waals surface area contributed by atoms with E-state index in [0.29, 0.717) is 44.3 Å². The van der Waals surface area contributed by atoms with Gasteiger partial charge >= 0.3 is 0 Å². The van der Waals surface area contributed by atoms with Gasteiger partial charge in [-0.1, -0.05) is 121 Å². The van der Waals surface area contributed by atoms with Gasteiger partial charge in [0, 0.05) is 6.42 Å². The van der Waals surface area contributed by atoms with Crippen molar-refractivity contribution >= 4 is 5.57 Å². The second-order valence-electron chi connectivity index (χ2n) is 11.4. The summed E-state index contributed by atoms with van der Waals surface area (Å²) in [6.45, 7) is 1.67. The summed E-state index contributed by atoms with van der Waals surface area (Å²) in [5.41, 5.74) is 7.06. The molecule has 0 saturated carbocycles. The van der Waals surface area contributed by atoms with Crippen molar-refractivity contribution in [3.63, 3.8) is 0 Å². The second-order valence-corrected chi connectivity index (χ2v) is 11.4. The number of hydrogen-bond donors (Lipinski definition) is 1. The summed E-state index contributed by atoms with van der Waals surface area (Å²) in [7, 11) is 0. The quantitative estimate of drug-likeness (QED) is 0.114. The first-order valence-electron chi connectivity index (χ1n) is 16.0. The van der Waals surface area contributed by atoms with E-state index >= 15 is 0 Å². The van der Waals surface area contributed by atoms with Crippen molar-refractivity contribution < 1.29 is 24.1 Å². The lowest BCUT2D eigenvalue weighted by atomic mass is 9.98. The molecule has 0 atom stereocenters. The van der Waals surface area contributed by atoms with E-state index in [1.54, 1.807) is 18.4 Å². The van der Waals surface area contributed by atoms with Gasteiger partial charge in [0.05, 0.1) is 6.26 Å². The first-order chi connectivity index (χ1) is 23.7. The van der Waals surface area contributed by atoms with Crippen LogP contribution < -0.4 is 14.2 Å². The standard InChI is InChI=1S/C43H38O5/c44-40-20-10-18-36(25-40)24-39(32-45-28-33-12-4-1-5-13-33)38-22-23-42(43(27-38)48-30-35-16-8-3-9-17-35)47-31-37-19-11-21-41(26-37)46-29-34-14-6-2-7-15-34/h1-23,25-27,32,44H,24,28-31H2/b39-32+. The minimum absolute atomic E-state index is 0.224. The summed E-state index contributed by atoms with van der Waals surface area (Å²) in [6.07, 6.45) is 2.35. The molecule has 0 aromatic heterocycles. The molecule has 48 heavy (non-hydrogen) atoms. The highest BCUT2D eigenvalue weighted by molar-refractivity contribution is 5.69. The van der Waals surface area contributed by atoms with Gasteiger partial charge in [0.25, 0.3) is 0 Å². The largest absolute Gasteiger partial charge is 0.508 e. The third kappa shape index (κ3) is 9.54. The van der Waals surface area contributed by atoms with Gasteiger partial charge in [-0.15, -0.1) is 0 Å². The van der Waals surface area contributed by atoms with E-state index in [-0.39, 0.29) is 5.75 Å². The molecule has 0 aliphatic carbocycles. The van der Waals surface area contributed by atoms with Crippen LogP contribution in [0, 0.1) is 0 Å². The van der Waals surface area contributed by atoms with Crippen LogP contribution in [0.5, 0.6) is 23.0 Å². The molecule has 6 aromatic rings. The molecule has 240 valence electrons. The summed E-state index contributed by atoms with van der Waals surface area (Å²) in [6, 6.07) is 51.4. The molecular weight excluding hydrogens is 596 g/mol. The van der Waals surface area contributed by atoms with Gasteiger partial charge in [0.1, 0.15) is 37.9 Å². The van der Waals surface area contributed by atoms with Crippen LogP contribution in [-0.4, -0.2) is 5.11 Å². The molecule has 0 aliphatic heterocycles. The minimum atomic E-state index is 0.224. The zero-order chi connectivity index (χ0) is 32.8. The van der Waals surface area contributed by atoms with Gasteiger partial charge < -0.3 is 24.1 Å².